The molecule has 0 unspecified atom stereocenters. The van der Waals surface area contributed by atoms with Crippen LogP contribution in [0.15, 0.2) is 28.7 Å². The summed E-state index contributed by atoms with van der Waals surface area (Å²) in [5.41, 5.74) is 2.46. The van der Waals surface area contributed by atoms with Gasteiger partial charge in [-0.25, -0.2) is 0 Å². The van der Waals surface area contributed by atoms with E-state index in [0.29, 0.717) is 10.8 Å². The standard InChI is InChI=1S/C18H26BrN/c1-3-17(4-2)11-18(12-17,13-20-14-9-10-14)15-7-5-6-8-16(15)19/h5-8,14,20H,3-4,9-13H2,1-2H3. The highest BCUT2D eigenvalue weighted by Gasteiger charge is 2.53. The molecule has 2 aliphatic carbocycles. The number of hydrogen-bond donors (Lipinski definition) is 1. The van der Waals surface area contributed by atoms with Crippen molar-refractivity contribution >= 4 is 15.9 Å². The second-order valence-corrected chi connectivity index (χ2v) is 7.83. The predicted molar refractivity (Wildman–Crippen MR) is 89.1 cm³/mol. The van der Waals surface area contributed by atoms with Crippen LogP contribution in [0.4, 0.5) is 0 Å². The summed E-state index contributed by atoms with van der Waals surface area (Å²) in [7, 11) is 0. The second kappa shape index (κ2) is 5.46. The molecular formula is C18H26BrN. The third-order valence-corrected chi connectivity index (χ3v) is 6.37. The van der Waals surface area contributed by atoms with Crippen molar-refractivity contribution in [2.24, 2.45) is 5.41 Å². The molecule has 0 aromatic heterocycles. The monoisotopic (exact) mass is 335 g/mol. The molecule has 3 rings (SSSR count). The molecule has 0 heterocycles. The smallest absolute Gasteiger partial charge is 0.0213 e. The molecule has 0 atom stereocenters. The average molecular weight is 336 g/mol. The van der Waals surface area contributed by atoms with E-state index in [1.54, 1.807) is 0 Å². The van der Waals surface area contributed by atoms with E-state index >= 15 is 0 Å². The first-order chi connectivity index (χ1) is 9.63. The van der Waals surface area contributed by atoms with Crippen molar-refractivity contribution in [2.75, 3.05) is 6.54 Å². The third kappa shape index (κ3) is 2.57. The molecule has 1 N–H and O–H groups in total. The number of nitrogens with one attached hydrogen (secondary N) is 1. The summed E-state index contributed by atoms with van der Waals surface area (Å²) in [5.74, 6) is 0. The van der Waals surface area contributed by atoms with Crippen LogP contribution in [-0.4, -0.2) is 12.6 Å². The Morgan fingerprint density at radius 1 is 1.15 bits per heavy atom. The molecule has 0 amide bonds. The average Bonchev–Trinajstić information content (AvgIpc) is 3.24. The topological polar surface area (TPSA) is 12.0 Å². The second-order valence-electron chi connectivity index (χ2n) is 6.98. The first-order valence-corrected chi connectivity index (χ1v) is 8.91. The first kappa shape index (κ1) is 14.6. The van der Waals surface area contributed by atoms with Gasteiger partial charge in [0.15, 0.2) is 0 Å². The highest BCUT2D eigenvalue weighted by molar-refractivity contribution is 9.10. The molecule has 0 saturated heterocycles. The lowest BCUT2D eigenvalue weighted by Crippen LogP contribution is -2.54. The van der Waals surface area contributed by atoms with Crippen molar-refractivity contribution in [3.05, 3.63) is 34.3 Å². The van der Waals surface area contributed by atoms with E-state index in [2.05, 4.69) is 59.4 Å². The minimum atomic E-state index is 0.356. The van der Waals surface area contributed by atoms with E-state index in [9.17, 15) is 0 Å². The maximum absolute atomic E-state index is 3.79. The van der Waals surface area contributed by atoms with Crippen LogP contribution >= 0.6 is 15.9 Å². The molecule has 1 aromatic rings. The van der Waals surface area contributed by atoms with Crippen LogP contribution in [0.5, 0.6) is 0 Å². The Kier molecular flexibility index (Phi) is 3.98. The third-order valence-electron chi connectivity index (χ3n) is 5.68. The Bertz CT molecular complexity index is 466. The Morgan fingerprint density at radius 3 is 2.35 bits per heavy atom. The number of hydrogen-bond acceptors (Lipinski definition) is 1. The van der Waals surface area contributed by atoms with Crippen molar-refractivity contribution in [3.8, 4) is 0 Å². The minimum absolute atomic E-state index is 0.356. The molecule has 2 fully saturated rings. The van der Waals surface area contributed by atoms with Crippen molar-refractivity contribution < 1.29 is 0 Å². The van der Waals surface area contributed by atoms with Gasteiger partial charge < -0.3 is 5.32 Å². The van der Waals surface area contributed by atoms with Crippen molar-refractivity contribution in [1.29, 1.82) is 0 Å². The van der Waals surface area contributed by atoms with Gasteiger partial charge in [-0.1, -0.05) is 60.8 Å². The fraction of sp³-hybridized carbons (Fsp3) is 0.667. The Morgan fingerprint density at radius 2 is 1.80 bits per heavy atom. The quantitative estimate of drug-likeness (QED) is 0.767. The fourth-order valence-electron chi connectivity index (χ4n) is 4.06. The van der Waals surface area contributed by atoms with Crippen LogP contribution in [0.3, 0.4) is 0 Å². The van der Waals surface area contributed by atoms with Crippen LogP contribution in [0, 0.1) is 5.41 Å². The number of benzene rings is 1. The Balaban J connectivity index is 1.83. The molecule has 0 bridgehead atoms. The van der Waals surface area contributed by atoms with E-state index in [1.165, 1.54) is 48.6 Å². The van der Waals surface area contributed by atoms with Crippen LogP contribution in [-0.2, 0) is 5.41 Å². The molecule has 0 radical (unpaired) electrons. The van der Waals surface area contributed by atoms with E-state index < -0.39 is 0 Å². The lowest BCUT2D eigenvalue weighted by atomic mass is 9.48. The van der Waals surface area contributed by atoms with Crippen molar-refractivity contribution in [1.82, 2.24) is 5.32 Å². The van der Waals surface area contributed by atoms with Gasteiger partial charge in [-0.2, -0.15) is 0 Å². The lowest BCUT2D eigenvalue weighted by molar-refractivity contribution is 0.0122. The maximum Gasteiger partial charge on any atom is 0.0213 e. The molecule has 0 spiro atoms. The van der Waals surface area contributed by atoms with Crippen LogP contribution in [0.1, 0.15) is 57.9 Å². The van der Waals surface area contributed by atoms with Crippen molar-refractivity contribution in [2.45, 2.75) is 63.8 Å². The zero-order valence-corrected chi connectivity index (χ0v) is 14.3. The van der Waals surface area contributed by atoms with Gasteiger partial charge in [-0.3, -0.25) is 0 Å². The van der Waals surface area contributed by atoms with Gasteiger partial charge in [0.2, 0.25) is 0 Å². The molecule has 1 aromatic carbocycles. The zero-order valence-electron chi connectivity index (χ0n) is 12.7. The normalized spacial score (nSPS) is 23.4. The summed E-state index contributed by atoms with van der Waals surface area (Å²) in [6.07, 6.45) is 8.07. The van der Waals surface area contributed by atoms with Crippen molar-refractivity contribution in [3.63, 3.8) is 0 Å². The molecule has 2 aliphatic rings. The Labute approximate surface area is 131 Å². The van der Waals surface area contributed by atoms with Gasteiger partial charge in [-0.15, -0.1) is 0 Å². The maximum atomic E-state index is 3.79. The summed E-state index contributed by atoms with van der Waals surface area (Å²) in [4.78, 5) is 0. The largest absolute Gasteiger partial charge is 0.313 e. The molecule has 110 valence electrons. The van der Waals surface area contributed by atoms with Crippen LogP contribution < -0.4 is 5.32 Å². The van der Waals surface area contributed by atoms with E-state index in [0.717, 1.165) is 12.6 Å². The van der Waals surface area contributed by atoms with E-state index in [1.807, 2.05) is 0 Å². The fourth-order valence-corrected chi connectivity index (χ4v) is 4.77. The summed E-state index contributed by atoms with van der Waals surface area (Å²) in [6, 6.07) is 9.64. The summed E-state index contributed by atoms with van der Waals surface area (Å²) < 4.78 is 1.29. The summed E-state index contributed by atoms with van der Waals surface area (Å²) in [5, 5.41) is 3.79. The Hall–Kier alpha value is -0.340. The molecule has 0 aliphatic heterocycles. The van der Waals surface area contributed by atoms with E-state index in [-0.39, 0.29) is 0 Å². The molecule has 20 heavy (non-hydrogen) atoms. The van der Waals surface area contributed by atoms with Crippen LogP contribution in [0.25, 0.3) is 0 Å². The van der Waals surface area contributed by atoms with E-state index in [4.69, 9.17) is 0 Å². The summed E-state index contributed by atoms with van der Waals surface area (Å²) >= 11 is 3.78. The molecule has 2 heteroatoms. The highest BCUT2D eigenvalue weighted by Crippen LogP contribution is 2.60. The molecule has 1 nitrogen and oxygen atoms in total. The molecular weight excluding hydrogens is 310 g/mol. The van der Waals surface area contributed by atoms with Gasteiger partial charge in [0.05, 0.1) is 0 Å². The highest BCUT2D eigenvalue weighted by atomic mass is 79.9. The number of halogens is 1. The van der Waals surface area contributed by atoms with Gasteiger partial charge in [0, 0.05) is 22.5 Å². The lowest BCUT2D eigenvalue weighted by Gasteiger charge is -2.57. The zero-order chi connectivity index (χ0) is 14.2. The first-order valence-electron chi connectivity index (χ1n) is 8.11. The van der Waals surface area contributed by atoms with Gasteiger partial charge in [0.1, 0.15) is 0 Å². The van der Waals surface area contributed by atoms with Crippen LogP contribution in [0.2, 0.25) is 0 Å². The summed E-state index contributed by atoms with van der Waals surface area (Å²) in [6.45, 7) is 5.88. The minimum Gasteiger partial charge on any atom is -0.313 e. The SMILES string of the molecule is CCC1(CC)CC(CNC2CC2)(c2ccccc2Br)C1. The predicted octanol–water partition coefficient (Wildman–Crippen LogP) is 5.04. The molecule has 2 saturated carbocycles. The van der Waals surface area contributed by atoms with Gasteiger partial charge >= 0.3 is 0 Å². The van der Waals surface area contributed by atoms with Gasteiger partial charge in [0.25, 0.3) is 0 Å². The van der Waals surface area contributed by atoms with Gasteiger partial charge in [-0.05, 0) is 42.7 Å². The number of rotatable bonds is 6.